The Morgan fingerprint density at radius 2 is 2.29 bits per heavy atom. The van der Waals surface area contributed by atoms with Crippen LogP contribution in [0.15, 0.2) is 10.7 Å². The van der Waals surface area contributed by atoms with Gasteiger partial charge >= 0.3 is 0 Å². The van der Waals surface area contributed by atoms with E-state index in [1.54, 1.807) is 6.07 Å². The smallest absolute Gasteiger partial charge is 0.264 e. The molecule has 0 aliphatic carbocycles. The van der Waals surface area contributed by atoms with Crippen LogP contribution < -0.4 is 0 Å². The monoisotopic (exact) mass is 262 g/mol. The van der Waals surface area contributed by atoms with Gasteiger partial charge in [0, 0.05) is 11.1 Å². The molecule has 0 bridgehead atoms. The molecule has 1 rings (SSSR count). The van der Waals surface area contributed by atoms with Gasteiger partial charge in [0.15, 0.2) is 0 Å². The summed E-state index contributed by atoms with van der Waals surface area (Å²) in [6.07, 6.45) is -2.73. The van der Waals surface area contributed by atoms with Crippen LogP contribution in [0.1, 0.15) is 23.2 Å². The van der Waals surface area contributed by atoms with Crippen LogP contribution in [0.4, 0.5) is 8.78 Å². The lowest BCUT2D eigenvalue weighted by Crippen LogP contribution is -2.01. The Morgan fingerprint density at radius 1 is 1.64 bits per heavy atom. The van der Waals surface area contributed by atoms with Crippen LogP contribution in [0, 0.1) is 11.3 Å². The van der Waals surface area contributed by atoms with Crippen LogP contribution in [-0.4, -0.2) is 10.1 Å². The molecule has 0 spiro atoms. The Kier molecular flexibility index (Phi) is 3.49. The summed E-state index contributed by atoms with van der Waals surface area (Å²) in [6, 6.07) is 2.74. The third-order valence-corrected chi connectivity index (χ3v) is 2.03. The molecule has 0 aromatic carbocycles. The molecule has 0 aliphatic heterocycles. The Morgan fingerprint density at radius 3 is 2.71 bits per heavy atom. The van der Waals surface area contributed by atoms with Gasteiger partial charge in [0.25, 0.3) is 6.43 Å². The van der Waals surface area contributed by atoms with Crippen molar-refractivity contribution in [3.05, 3.63) is 27.5 Å². The maximum Gasteiger partial charge on any atom is 0.264 e. The molecule has 6 heteroatoms. The van der Waals surface area contributed by atoms with Crippen molar-refractivity contribution >= 4 is 15.9 Å². The van der Waals surface area contributed by atoms with Crippen molar-refractivity contribution in [3.8, 4) is 6.07 Å². The molecular formula is C8H5BrF2N2O. The van der Waals surface area contributed by atoms with Gasteiger partial charge < -0.3 is 5.11 Å². The van der Waals surface area contributed by atoms with E-state index in [4.69, 9.17) is 10.4 Å². The predicted octanol–water partition coefficient (Wildman–Crippen LogP) is 2.15. The highest BCUT2D eigenvalue weighted by molar-refractivity contribution is 9.10. The fourth-order valence-electron chi connectivity index (χ4n) is 1.01. The van der Waals surface area contributed by atoms with E-state index in [1.807, 2.05) is 0 Å². The number of hydrogen-bond donors (Lipinski definition) is 1. The summed E-state index contributed by atoms with van der Waals surface area (Å²) >= 11 is 2.91. The van der Waals surface area contributed by atoms with E-state index in [0.29, 0.717) is 0 Å². The number of halogens is 3. The van der Waals surface area contributed by atoms with Gasteiger partial charge in [-0.2, -0.15) is 5.26 Å². The van der Waals surface area contributed by atoms with E-state index < -0.39 is 13.0 Å². The zero-order valence-electron chi connectivity index (χ0n) is 6.84. The molecule has 0 atom stereocenters. The average molecular weight is 263 g/mol. The van der Waals surface area contributed by atoms with Gasteiger partial charge in [-0.25, -0.2) is 13.8 Å². The first-order valence-corrected chi connectivity index (χ1v) is 4.38. The summed E-state index contributed by atoms with van der Waals surface area (Å²) in [5, 5.41) is 17.4. The molecule has 14 heavy (non-hydrogen) atoms. The fraction of sp³-hybridized carbons (Fsp3) is 0.250. The number of aliphatic hydroxyl groups excluding tert-OH is 1. The molecule has 3 nitrogen and oxygen atoms in total. The normalized spacial score (nSPS) is 10.3. The van der Waals surface area contributed by atoms with Crippen LogP contribution in [0.3, 0.4) is 0 Å². The number of aromatic nitrogens is 1. The lowest BCUT2D eigenvalue weighted by molar-refractivity contribution is 0.146. The third kappa shape index (κ3) is 2.05. The maximum absolute atomic E-state index is 12.4. The van der Waals surface area contributed by atoms with Gasteiger partial charge in [0.2, 0.25) is 0 Å². The molecule has 0 radical (unpaired) electrons. The van der Waals surface area contributed by atoms with Crippen molar-refractivity contribution in [2.24, 2.45) is 0 Å². The lowest BCUT2D eigenvalue weighted by atomic mass is 10.1. The highest BCUT2D eigenvalue weighted by atomic mass is 79.9. The quantitative estimate of drug-likeness (QED) is 0.831. The lowest BCUT2D eigenvalue weighted by Gasteiger charge is -2.07. The molecule has 1 heterocycles. The summed E-state index contributed by atoms with van der Waals surface area (Å²) in [4.78, 5) is 3.67. The van der Waals surface area contributed by atoms with Crippen LogP contribution in [0.2, 0.25) is 0 Å². The Labute approximate surface area is 87.1 Å². The number of rotatable bonds is 2. The molecule has 0 aliphatic rings. The van der Waals surface area contributed by atoms with Gasteiger partial charge in [0.1, 0.15) is 16.4 Å². The summed E-state index contributed by atoms with van der Waals surface area (Å²) in [5.41, 5.74) is -0.672. The molecular weight excluding hydrogens is 258 g/mol. The van der Waals surface area contributed by atoms with E-state index >= 15 is 0 Å². The second-order valence-corrected chi connectivity index (χ2v) is 3.24. The van der Waals surface area contributed by atoms with Crippen LogP contribution in [0.25, 0.3) is 0 Å². The maximum atomic E-state index is 12.4. The number of nitriles is 1. The van der Waals surface area contributed by atoms with E-state index in [0.717, 1.165) is 6.07 Å². The minimum Gasteiger partial charge on any atom is -0.392 e. The number of alkyl halides is 2. The van der Waals surface area contributed by atoms with Crippen LogP contribution >= 0.6 is 15.9 Å². The summed E-state index contributed by atoms with van der Waals surface area (Å²) in [7, 11) is 0. The zero-order chi connectivity index (χ0) is 10.7. The third-order valence-electron chi connectivity index (χ3n) is 1.63. The SMILES string of the molecule is N#Cc1nc(Br)cc(C(F)F)c1CO. The van der Waals surface area contributed by atoms with Gasteiger partial charge in [0.05, 0.1) is 6.61 Å². The predicted molar refractivity (Wildman–Crippen MR) is 47.5 cm³/mol. The summed E-state index contributed by atoms with van der Waals surface area (Å²) in [6.45, 7) is -0.622. The Bertz CT molecular complexity index is 390. The van der Waals surface area contributed by atoms with Gasteiger partial charge in [-0.15, -0.1) is 0 Å². The number of hydrogen-bond acceptors (Lipinski definition) is 3. The van der Waals surface area contributed by atoms with E-state index in [2.05, 4.69) is 20.9 Å². The molecule has 0 amide bonds. The van der Waals surface area contributed by atoms with E-state index in [9.17, 15) is 8.78 Å². The second kappa shape index (κ2) is 4.44. The first kappa shape index (κ1) is 11.0. The number of pyridine rings is 1. The standard InChI is InChI=1S/C8H5BrF2N2O/c9-7-1-4(8(10)11)5(3-14)6(2-12)13-7/h1,8,14H,3H2. The highest BCUT2D eigenvalue weighted by Gasteiger charge is 2.17. The molecule has 1 aromatic heterocycles. The highest BCUT2D eigenvalue weighted by Crippen LogP contribution is 2.27. The molecule has 0 saturated carbocycles. The van der Waals surface area contributed by atoms with Gasteiger partial charge in [-0.05, 0) is 22.0 Å². The van der Waals surface area contributed by atoms with Crippen LogP contribution in [0.5, 0.6) is 0 Å². The van der Waals surface area contributed by atoms with Crippen molar-refractivity contribution in [1.82, 2.24) is 4.98 Å². The molecule has 1 aromatic rings. The zero-order valence-corrected chi connectivity index (χ0v) is 8.42. The average Bonchev–Trinajstić information content (AvgIpc) is 2.16. The first-order chi connectivity index (χ1) is 6.60. The number of nitrogens with zero attached hydrogens (tertiary/aromatic N) is 2. The van der Waals surface area contributed by atoms with Crippen molar-refractivity contribution in [2.75, 3.05) is 0 Å². The molecule has 0 unspecified atom stereocenters. The van der Waals surface area contributed by atoms with Crippen molar-refractivity contribution < 1.29 is 13.9 Å². The van der Waals surface area contributed by atoms with E-state index in [1.165, 1.54) is 0 Å². The largest absolute Gasteiger partial charge is 0.392 e. The molecule has 1 N–H and O–H groups in total. The first-order valence-electron chi connectivity index (χ1n) is 3.58. The van der Waals surface area contributed by atoms with Crippen molar-refractivity contribution in [3.63, 3.8) is 0 Å². The molecule has 0 saturated heterocycles. The second-order valence-electron chi connectivity index (χ2n) is 2.43. The fourth-order valence-corrected chi connectivity index (χ4v) is 1.44. The van der Waals surface area contributed by atoms with Gasteiger partial charge in [-0.1, -0.05) is 0 Å². The molecule has 74 valence electrons. The minimum atomic E-state index is -2.73. The van der Waals surface area contributed by atoms with E-state index in [-0.39, 0.29) is 21.4 Å². The Balaban J connectivity index is 3.41. The summed E-state index contributed by atoms with van der Waals surface area (Å²) in [5.74, 6) is 0. The van der Waals surface area contributed by atoms with Crippen molar-refractivity contribution in [1.29, 1.82) is 5.26 Å². The van der Waals surface area contributed by atoms with Gasteiger partial charge in [-0.3, -0.25) is 0 Å². The minimum absolute atomic E-state index is 0.120. The summed E-state index contributed by atoms with van der Waals surface area (Å²) < 4.78 is 25.0. The Hall–Kier alpha value is -1.06. The number of aliphatic hydroxyl groups is 1. The molecule has 0 fully saturated rings. The van der Waals surface area contributed by atoms with Crippen molar-refractivity contribution in [2.45, 2.75) is 13.0 Å². The topological polar surface area (TPSA) is 56.9 Å². The van der Waals surface area contributed by atoms with Crippen LogP contribution in [-0.2, 0) is 6.61 Å².